The number of hydrogen-bond donors (Lipinski definition) is 2. The summed E-state index contributed by atoms with van der Waals surface area (Å²) >= 11 is 0. The molecule has 0 bridgehead atoms. The van der Waals surface area contributed by atoms with Crippen molar-refractivity contribution in [1.29, 1.82) is 0 Å². The Morgan fingerprint density at radius 2 is 1.31 bits per heavy atom. The van der Waals surface area contributed by atoms with E-state index in [1.165, 1.54) is 18.2 Å². The first-order chi connectivity index (χ1) is 6.52. The van der Waals surface area contributed by atoms with Crippen LogP contribution in [0.15, 0.2) is 24.3 Å². The van der Waals surface area contributed by atoms with Crippen molar-refractivity contribution in [2.45, 2.75) is 0 Å². The van der Waals surface area contributed by atoms with Crippen molar-refractivity contribution >= 4 is 12.9 Å². The summed E-state index contributed by atoms with van der Waals surface area (Å²) in [6.07, 6.45) is -2.33. The molecule has 0 unspecified atom stereocenters. The summed E-state index contributed by atoms with van der Waals surface area (Å²) in [6, 6.07) is 5.85. The van der Waals surface area contributed by atoms with Gasteiger partial charge in [-0.1, -0.05) is 6.07 Å². The molecule has 8 heteroatoms. The third kappa shape index (κ3) is 23.5. The smallest absolute Gasteiger partial charge is 0.652 e. The molecule has 0 aliphatic heterocycles. The fourth-order valence-electron chi connectivity index (χ4n) is 0.493. The Kier molecular flexibility index (Phi) is 26.6. The molecule has 0 heterocycles. The van der Waals surface area contributed by atoms with Crippen LogP contribution in [0.3, 0.4) is 0 Å². The monoisotopic (exact) mass is 246 g/mol. The van der Waals surface area contributed by atoms with Crippen molar-refractivity contribution in [1.82, 2.24) is 0 Å². The molecule has 0 saturated carbocycles. The second kappa shape index (κ2) is 17.2. The fourth-order valence-corrected chi connectivity index (χ4v) is 0.493. The van der Waals surface area contributed by atoms with Crippen LogP contribution < -0.4 is 69.3 Å². The molecule has 0 amide bonds. The second-order valence-electron chi connectivity index (χ2n) is 1.77. The summed E-state index contributed by atoms with van der Waals surface area (Å²) in [5.74, 6) is 0.176. The third-order valence-electron chi connectivity index (χ3n) is 0.830. The first-order valence-electron chi connectivity index (χ1n) is 3.17. The van der Waals surface area contributed by atoms with Crippen LogP contribution >= 0.6 is 0 Å². The van der Waals surface area contributed by atoms with Crippen molar-refractivity contribution in [3.8, 4) is 11.5 Å². The standard InChI is InChI=1S/C6H6O2.CH2O3.CH2O.2Na/c7-5-2-1-3-6(8)4-5;2-1(3)4;1-2;;/h1-4,7-8H;(H2,2,3,4);1H2;;/q;;;2*+1/p-2. The summed E-state index contributed by atoms with van der Waals surface area (Å²) in [5, 5.41) is 34.0. The molecule has 0 spiro atoms. The molecule has 16 heavy (non-hydrogen) atoms. The molecule has 0 saturated heterocycles. The van der Waals surface area contributed by atoms with E-state index in [1.807, 2.05) is 6.79 Å². The molecule has 2 N–H and O–H groups in total. The number of phenols is 2. The van der Waals surface area contributed by atoms with Gasteiger partial charge in [0.1, 0.15) is 18.3 Å². The van der Waals surface area contributed by atoms with E-state index in [2.05, 4.69) is 0 Å². The molecule has 0 aromatic heterocycles. The Morgan fingerprint density at radius 3 is 1.44 bits per heavy atom. The first-order valence-corrected chi connectivity index (χ1v) is 3.17. The minimum Gasteiger partial charge on any atom is -0.652 e. The number of carbonyl (C=O) groups is 2. The molecule has 1 rings (SSSR count). The van der Waals surface area contributed by atoms with Gasteiger partial charge in [0, 0.05) is 6.07 Å². The number of benzene rings is 1. The van der Waals surface area contributed by atoms with Gasteiger partial charge < -0.3 is 30.0 Å². The van der Waals surface area contributed by atoms with Gasteiger partial charge in [-0.05, 0) is 18.3 Å². The van der Waals surface area contributed by atoms with Crippen molar-refractivity contribution in [3.05, 3.63) is 24.3 Å². The minimum absolute atomic E-state index is 0. The van der Waals surface area contributed by atoms with Crippen LogP contribution in [-0.4, -0.2) is 23.2 Å². The first kappa shape index (κ1) is 24.8. The number of carboxylic acid groups (broad SMARTS) is 2. The van der Waals surface area contributed by atoms with Crippen LogP contribution in [0.25, 0.3) is 0 Å². The van der Waals surface area contributed by atoms with Gasteiger partial charge in [-0.25, -0.2) is 0 Å². The predicted octanol–water partition coefficient (Wildman–Crippen LogP) is -7.53. The van der Waals surface area contributed by atoms with Gasteiger partial charge in [0.25, 0.3) is 0 Å². The van der Waals surface area contributed by atoms with E-state index in [0.29, 0.717) is 0 Å². The molecule has 78 valence electrons. The molecule has 0 radical (unpaired) electrons. The van der Waals surface area contributed by atoms with Gasteiger partial charge in [-0.15, -0.1) is 0 Å². The zero-order valence-corrected chi connectivity index (χ0v) is 13.0. The molecular weight excluding hydrogens is 238 g/mol. The van der Waals surface area contributed by atoms with Crippen LogP contribution in [0.1, 0.15) is 0 Å². The molecule has 0 aliphatic rings. The van der Waals surface area contributed by atoms with Gasteiger partial charge in [0.15, 0.2) is 0 Å². The summed E-state index contributed by atoms with van der Waals surface area (Å²) in [4.78, 5) is 16.3. The Bertz CT molecular complexity index is 260. The van der Waals surface area contributed by atoms with E-state index in [9.17, 15) is 0 Å². The maximum absolute atomic E-state index is 8.65. The fraction of sp³-hybridized carbons (Fsp3) is 0. The van der Waals surface area contributed by atoms with Gasteiger partial charge >= 0.3 is 59.1 Å². The zero-order valence-electron chi connectivity index (χ0n) is 9.04. The summed E-state index contributed by atoms with van der Waals surface area (Å²) in [6.45, 7) is 2.00. The summed E-state index contributed by atoms with van der Waals surface area (Å²) in [5.41, 5.74) is 0. The molecule has 6 nitrogen and oxygen atoms in total. The van der Waals surface area contributed by atoms with Gasteiger partial charge in [-0.2, -0.15) is 0 Å². The Hall–Kier alpha value is -0.240. The van der Waals surface area contributed by atoms with Gasteiger partial charge in [-0.3, -0.25) is 0 Å². The number of rotatable bonds is 0. The van der Waals surface area contributed by atoms with Crippen LogP contribution in [0.2, 0.25) is 0 Å². The maximum Gasteiger partial charge on any atom is 1.00 e. The predicted molar refractivity (Wildman–Crippen MR) is 42.3 cm³/mol. The van der Waals surface area contributed by atoms with Crippen LogP contribution in [0.4, 0.5) is 4.79 Å². The summed E-state index contributed by atoms with van der Waals surface area (Å²) in [7, 11) is 0. The topological polar surface area (TPSA) is 121 Å². The molecule has 0 aliphatic carbocycles. The number of aromatic hydroxyl groups is 2. The Morgan fingerprint density at radius 1 is 1.06 bits per heavy atom. The van der Waals surface area contributed by atoms with Crippen LogP contribution in [-0.2, 0) is 4.79 Å². The average molecular weight is 246 g/mol. The van der Waals surface area contributed by atoms with E-state index < -0.39 is 6.16 Å². The van der Waals surface area contributed by atoms with E-state index in [0.717, 1.165) is 0 Å². The Balaban J connectivity index is -0.0000000793. The van der Waals surface area contributed by atoms with Crippen LogP contribution in [0.5, 0.6) is 11.5 Å². The minimum atomic E-state index is -2.33. The number of phenolic OH excluding ortho intramolecular Hbond substituents is 2. The van der Waals surface area contributed by atoms with Crippen molar-refractivity contribution in [3.63, 3.8) is 0 Å². The largest absolute Gasteiger partial charge is 1.00 e. The van der Waals surface area contributed by atoms with E-state index >= 15 is 0 Å². The van der Waals surface area contributed by atoms with Crippen LogP contribution in [0, 0.1) is 0 Å². The second-order valence-corrected chi connectivity index (χ2v) is 1.77. The molecular formula is C8H8Na2O6. The molecule has 0 fully saturated rings. The van der Waals surface area contributed by atoms with Crippen molar-refractivity contribution in [2.24, 2.45) is 0 Å². The Labute approximate surface area is 136 Å². The quantitative estimate of drug-likeness (QED) is 0.439. The zero-order chi connectivity index (χ0) is 11.6. The van der Waals surface area contributed by atoms with E-state index in [4.69, 9.17) is 30.0 Å². The summed E-state index contributed by atoms with van der Waals surface area (Å²) < 4.78 is 0. The van der Waals surface area contributed by atoms with Gasteiger partial charge in [0.2, 0.25) is 0 Å². The SMILES string of the molecule is C=O.O=C([O-])[O-].Oc1cccc(O)c1.[Na+].[Na+]. The van der Waals surface area contributed by atoms with Crippen molar-refractivity contribution in [2.75, 3.05) is 0 Å². The normalized spacial score (nSPS) is 6.25. The maximum atomic E-state index is 8.65. The van der Waals surface area contributed by atoms with Crippen molar-refractivity contribution < 1.29 is 89.1 Å². The third-order valence-corrected chi connectivity index (χ3v) is 0.830. The van der Waals surface area contributed by atoms with E-state index in [1.54, 1.807) is 6.07 Å². The van der Waals surface area contributed by atoms with E-state index in [-0.39, 0.29) is 70.6 Å². The number of hydrogen-bond acceptors (Lipinski definition) is 6. The average Bonchev–Trinajstić information content (AvgIpc) is 2.06. The molecule has 0 atom stereocenters. The molecule has 1 aromatic carbocycles. The van der Waals surface area contributed by atoms with Gasteiger partial charge in [0.05, 0.1) is 0 Å². The molecule has 1 aromatic rings. The number of carbonyl (C=O) groups excluding carboxylic acids is 2.